The fourth-order valence-electron chi connectivity index (χ4n) is 5.44. The van der Waals surface area contributed by atoms with E-state index in [0.29, 0.717) is 25.3 Å². The lowest BCUT2D eigenvalue weighted by atomic mass is 9.86. The van der Waals surface area contributed by atoms with Gasteiger partial charge in [-0.1, -0.05) is 81.3 Å². The van der Waals surface area contributed by atoms with Gasteiger partial charge in [-0.05, 0) is 60.4 Å². The van der Waals surface area contributed by atoms with E-state index in [-0.39, 0.29) is 18.0 Å². The normalized spacial score (nSPS) is 14.0. The summed E-state index contributed by atoms with van der Waals surface area (Å²) in [6, 6.07) is 14.0. The average Bonchev–Trinajstić information content (AvgIpc) is 3.40. The maximum Gasteiger partial charge on any atom is 0.303 e. The summed E-state index contributed by atoms with van der Waals surface area (Å²) < 4.78 is 5.80. The minimum atomic E-state index is -0.785. The predicted molar refractivity (Wildman–Crippen MR) is 145 cm³/mol. The first kappa shape index (κ1) is 26.6. The number of carbonyl (C=O) groups excluding carboxylic acids is 1. The number of carbonyl (C=O) groups is 2. The Kier molecular flexibility index (Phi) is 9.52. The Morgan fingerprint density at radius 2 is 1.81 bits per heavy atom. The molecular weight excluding hydrogens is 464 g/mol. The molecule has 6 heteroatoms. The van der Waals surface area contributed by atoms with Gasteiger partial charge in [0.1, 0.15) is 6.26 Å². The van der Waals surface area contributed by atoms with E-state index in [1.165, 1.54) is 44.8 Å². The Hall–Kier alpha value is -3.41. The highest BCUT2D eigenvalue weighted by molar-refractivity contribution is 5.93. The standard InChI is InChI=1S/C31H38N2O4/c1-22-24(16-10-17-28(34)35)18-19-26(29(22)25-14-6-3-7-15-25)31-33-27(21-37-31)30(36)32-20-9-8-13-23-11-4-2-5-12-23/h3,6-7,14-15,18-19,21,23H,2,4-5,8-13,16-17,20H2,1H3,(H,32,36)(H,34,35). The number of oxazole rings is 1. The average molecular weight is 503 g/mol. The zero-order valence-corrected chi connectivity index (χ0v) is 21.8. The Bertz CT molecular complexity index is 1180. The van der Waals surface area contributed by atoms with Crippen LogP contribution in [0.5, 0.6) is 0 Å². The molecule has 0 bridgehead atoms. The lowest BCUT2D eigenvalue weighted by Crippen LogP contribution is -2.24. The number of hydrogen-bond acceptors (Lipinski definition) is 4. The molecule has 1 saturated carbocycles. The number of nitrogens with zero attached hydrogens (tertiary/aromatic N) is 1. The van der Waals surface area contributed by atoms with Crippen molar-refractivity contribution in [2.75, 3.05) is 6.54 Å². The molecule has 37 heavy (non-hydrogen) atoms. The number of carboxylic acid groups (broad SMARTS) is 1. The van der Waals surface area contributed by atoms with Crippen LogP contribution in [0.2, 0.25) is 0 Å². The molecule has 2 aromatic carbocycles. The molecule has 0 atom stereocenters. The van der Waals surface area contributed by atoms with Gasteiger partial charge in [0.05, 0.1) is 0 Å². The van der Waals surface area contributed by atoms with Crippen LogP contribution in [0, 0.1) is 12.8 Å². The number of aromatic nitrogens is 1. The van der Waals surface area contributed by atoms with Crippen LogP contribution in [0.3, 0.4) is 0 Å². The highest BCUT2D eigenvalue weighted by atomic mass is 16.4. The zero-order valence-electron chi connectivity index (χ0n) is 21.8. The molecule has 2 N–H and O–H groups in total. The van der Waals surface area contributed by atoms with Crippen LogP contribution in [0.25, 0.3) is 22.6 Å². The molecule has 1 aliphatic rings. The maximum absolute atomic E-state index is 12.7. The summed E-state index contributed by atoms with van der Waals surface area (Å²) in [7, 11) is 0. The number of aliphatic carboxylic acids is 1. The number of amides is 1. The Morgan fingerprint density at radius 1 is 1.03 bits per heavy atom. The van der Waals surface area contributed by atoms with Crippen LogP contribution in [0.15, 0.2) is 53.1 Å². The molecule has 1 aromatic heterocycles. The number of unbranched alkanes of at least 4 members (excludes halogenated alkanes) is 1. The van der Waals surface area contributed by atoms with Crippen LogP contribution < -0.4 is 5.32 Å². The molecule has 1 fully saturated rings. The fraction of sp³-hybridized carbons (Fsp3) is 0.452. The summed E-state index contributed by atoms with van der Waals surface area (Å²) in [6.07, 6.45) is 13.1. The first-order valence-electron chi connectivity index (χ1n) is 13.7. The van der Waals surface area contributed by atoms with Gasteiger partial charge < -0.3 is 14.8 Å². The second-order valence-corrected chi connectivity index (χ2v) is 10.2. The summed E-state index contributed by atoms with van der Waals surface area (Å²) in [5.41, 5.74) is 5.28. The van der Waals surface area contributed by atoms with Gasteiger partial charge in [0.15, 0.2) is 5.69 Å². The van der Waals surface area contributed by atoms with Crippen molar-refractivity contribution in [1.29, 1.82) is 0 Å². The van der Waals surface area contributed by atoms with E-state index < -0.39 is 5.97 Å². The maximum atomic E-state index is 12.7. The van der Waals surface area contributed by atoms with Crippen LogP contribution in [-0.2, 0) is 11.2 Å². The number of hydrogen-bond donors (Lipinski definition) is 2. The fourth-order valence-corrected chi connectivity index (χ4v) is 5.44. The van der Waals surface area contributed by atoms with Gasteiger partial charge in [-0.25, -0.2) is 4.98 Å². The van der Waals surface area contributed by atoms with Crippen molar-refractivity contribution in [2.24, 2.45) is 5.92 Å². The van der Waals surface area contributed by atoms with Crippen LogP contribution in [-0.4, -0.2) is 28.5 Å². The Balaban J connectivity index is 1.43. The van der Waals surface area contributed by atoms with Crippen molar-refractivity contribution < 1.29 is 19.1 Å². The van der Waals surface area contributed by atoms with Crippen molar-refractivity contribution in [3.8, 4) is 22.6 Å². The second kappa shape index (κ2) is 13.2. The largest absolute Gasteiger partial charge is 0.481 e. The topological polar surface area (TPSA) is 92.4 Å². The number of benzene rings is 2. The minimum absolute atomic E-state index is 0.140. The van der Waals surface area contributed by atoms with Crippen molar-refractivity contribution in [3.63, 3.8) is 0 Å². The summed E-state index contributed by atoms with van der Waals surface area (Å²) >= 11 is 0. The predicted octanol–water partition coefficient (Wildman–Crippen LogP) is 7.20. The Morgan fingerprint density at radius 3 is 2.57 bits per heavy atom. The van der Waals surface area contributed by atoms with E-state index in [1.54, 1.807) is 0 Å². The number of carboxylic acids is 1. The number of aryl methyl sites for hydroxylation is 1. The molecule has 0 radical (unpaired) electrons. The van der Waals surface area contributed by atoms with E-state index in [4.69, 9.17) is 9.52 Å². The number of nitrogens with one attached hydrogen (secondary N) is 1. The summed E-state index contributed by atoms with van der Waals surface area (Å²) in [4.78, 5) is 28.2. The molecule has 0 unspecified atom stereocenters. The molecular formula is C31H38N2O4. The summed E-state index contributed by atoms with van der Waals surface area (Å²) in [5, 5.41) is 12.0. The molecule has 0 saturated heterocycles. The first-order chi connectivity index (χ1) is 18.0. The van der Waals surface area contributed by atoms with Gasteiger partial charge in [0.2, 0.25) is 5.89 Å². The number of rotatable bonds is 12. The molecule has 1 aliphatic carbocycles. The van der Waals surface area contributed by atoms with Crippen LogP contribution in [0.1, 0.15) is 85.8 Å². The van der Waals surface area contributed by atoms with Crippen molar-refractivity contribution in [3.05, 3.63) is 65.5 Å². The Labute approximate surface area is 219 Å². The van der Waals surface area contributed by atoms with Gasteiger partial charge in [-0.3, -0.25) is 9.59 Å². The smallest absolute Gasteiger partial charge is 0.303 e. The zero-order chi connectivity index (χ0) is 26.0. The van der Waals surface area contributed by atoms with E-state index in [0.717, 1.165) is 46.6 Å². The minimum Gasteiger partial charge on any atom is -0.481 e. The molecule has 196 valence electrons. The SMILES string of the molecule is Cc1c(CCCC(=O)O)ccc(-c2nc(C(=O)NCCCCC3CCCCC3)co2)c1-c1ccccc1. The highest BCUT2D eigenvalue weighted by Crippen LogP contribution is 2.36. The van der Waals surface area contributed by atoms with Gasteiger partial charge in [0.25, 0.3) is 5.91 Å². The second-order valence-electron chi connectivity index (χ2n) is 10.2. The molecule has 0 spiro atoms. The first-order valence-corrected chi connectivity index (χ1v) is 13.7. The lowest BCUT2D eigenvalue weighted by Gasteiger charge is -2.21. The van der Waals surface area contributed by atoms with E-state index in [1.807, 2.05) is 49.4 Å². The third-order valence-electron chi connectivity index (χ3n) is 7.49. The van der Waals surface area contributed by atoms with Gasteiger partial charge in [-0.2, -0.15) is 0 Å². The van der Waals surface area contributed by atoms with E-state index in [2.05, 4.69) is 10.3 Å². The van der Waals surface area contributed by atoms with Gasteiger partial charge in [0, 0.05) is 18.5 Å². The van der Waals surface area contributed by atoms with E-state index >= 15 is 0 Å². The summed E-state index contributed by atoms with van der Waals surface area (Å²) in [6.45, 7) is 2.69. The molecule has 0 aliphatic heterocycles. The van der Waals surface area contributed by atoms with Gasteiger partial charge in [-0.15, -0.1) is 0 Å². The van der Waals surface area contributed by atoms with Crippen molar-refractivity contribution in [2.45, 2.75) is 77.6 Å². The quantitative estimate of drug-likeness (QED) is 0.255. The van der Waals surface area contributed by atoms with Crippen LogP contribution in [0.4, 0.5) is 0 Å². The molecule has 4 rings (SSSR count). The molecule has 1 amide bonds. The van der Waals surface area contributed by atoms with E-state index in [9.17, 15) is 9.59 Å². The van der Waals surface area contributed by atoms with Crippen molar-refractivity contribution in [1.82, 2.24) is 10.3 Å². The third kappa shape index (κ3) is 7.31. The van der Waals surface area contributed by atoms with Crippen LogP contribution >= 0.6 is 0 Å². The molecule has 1 heterocycles. The third-order valence-corrected chi connectivity index (χ3v) is 7.49. The van der Waals surface area contributed by atoms with Crippen molar-refractivity contribution >= 4 is 11.9 Å². The van der Waals surface area contributed by atoms with Gasteiger partial charge >= 0.3 is 5.97 Å². The highest BCUT2D eigenvalue weighted by Gasteiger charge is 2.19. The molecule has 6 nitrogen and oxygen atoms in total. The molecule has 3 aromatic rings. The lowest BCUT2D eigenvalue weighted by molar-refractivity contribution is -0.137. The monoisotopic (exact) mass is 502 g/mol. The summed E-state index contributed by atoms with van der Waals surface area (Å²) in [5.74, 6) is 0.276.